The summed E-state index contributed by atoms with van der Waals surface area (Å²) >= 11 is 0. The highest BCUT2D eigenvalue weighted by Gasteiger charge is 2.49. The van der Waals surface area contributed by atoms with Gasteiger partial charge in [0.25, 0.3) is 0 Å². The van der Waals surface area contributed by atoms with Crippen molar-refractivity contribution in [1.82, 2.24) is 4.90 Å². The number of halogens is 3. The molecule has 1 heterocycles. The van der Waals surface area contributed by atoms with Crippen LogP contribution in [0, 0.1) is 11.3 Å². The molecule has 1 aromatic carbocycles. The molecule has 3 rings (SSSR count). The molecule has 0 aromatic heterocycles. The third-order valence-electron chi connectivity index (χ3n) is 4.39. The maximum Gasteiger partial charge on any atom is 0.471 e. The summed E-state index contributed by atoms with van der Waals surface area (Å²) in [6.45, 7) is 0.151. The third kappa shape index (κ3) is 2.27. The van der Waals surface area contributed by atoms with E-state index in [0.717, 1.165) is 22.4 Å². The van der Waals surface area contributed by atoms with Crippen LogP contribution in [0.1, 0.15) is 35.4 Å². The van der Waals surface area contributed by atoms with Crippen molar-refractivity contribution in [3.63, 3.8) is 0 Å². The van der Waals surface area contributed by atoms with E-state index in [9.17, 15) is 18.0 Å². The summed E-state index contributed by atoms with van der Waals surface area (Å²) in [7, 11) is 0. The van der Waals surface area contributed by atoms with Crippen LogP contribution in [-0.4, -0.2) is 29.6 Å². The van der Waals surface area contributed by atoms with Crippen molar-refractivity contribution in [3.05, 3.63) is 34.9 Å². The van der Waals surface area contributed by atoms with E-state index in [1.165, 1.54) is 0 Å². The Labute approximate surface area is 120 Å². The van der Waals surface area contributed by atoms with Crippen LogP contribution in [0.25, 0.3) is 0 Å². The Bertz CT molecular complexity index is 633. The molecule has 0 radical (unpaired) electrons. The number of likely N-dealkylation sites (tertiary alicyclic amines) is 1. The Kier molecular flexibility index (Phi) is 3.16. The molecule has 0 spiro atoms. The number of hydrogen-bond donors (Lipinski definition) is 0. The second kappa shape index (κ2) is 4.76. The van der Waals surface area contributed by atoms with Crippen molar-refractivity contribution in [1.29, 1.82) is 5.26 Å². The van der Waals surface area contributed by atoms with E-state index in [1.807, 2.05) is 6.07 Å². The maximum absolute atomic E-state index is 12.7. The van der Waals surface area contributed by atoms with Crippen molar-refractivity contribution in [2.75, 3.05) is 6.54 Å². The molecule has 1 fully saturated rings. The molecule has 2 aliphatic rings. The van der Waals surface area contributed by atoms with Crippen LogP contribution in [0.15, 0.2) is 18.2 Å². The summed E-state index contributed by atoms with van der Waals surface area (Å²) in [5.74, 6) is -1.83. The van der Waals surface area contributed by atoms with Gasteiger partial charge < -0.3 is 4.90 Å². The lowest BCUT2D eigenvalue weighted by atomic mass is 9.88. The topological polar surface area (TPSA) is 44.1 Å². The third-order valence-corrected chi connectivity index (χ3v) is 4.39. The zero-order chi connectivity index (χ0) is 15.2. The van der Waals surface area contributed by atoms with Gasteiger partial charge in [-0.15, -0.1) is 0 Å². The number of nitriles is 1. The molecule has 1 aliphatic heterocycles. The highest BCUT2D eigenvalue weighted by atomic mass is 19.4. The van der Waals surface area contributed by atoms with Gasteiger partial charge in [-0.3, -0.25) is 4.79 Å². The SMILES string of the molecule is N#Cc1ccc2c(c1)C1CCCN(C(=O)C(F)(F)F)[C@H]1C2. The molecule has 1 saturated heterocycles. The minimum Gasteiger partial charge on any atom is -0.331 e. The van der Waals surface area contributed by atoms with Crippen LogP contribution in [0.2, 0.25) is 0 Å². The molecular formula is C15H13F3N2O. The summed E-state index contributed by atoms with van der Waals surface area (Å²) in [5, 5.41) is 8.95. The van der Waals surface area contributed by atoms with Gasteiger partial charge in [0.2, 0.25) is 0 Å². The van der Waals surface area contributed by atoms with Crippen LogP contribution in [0.4, 0.5) is 13.2 Å². The van der Waals surface area contributed by atoms with Crippen molar-refractivity contribution < 1.29 is 18.0 Å². The number of carbonyl (C=O) groups excluding carboxylic acids is 1. The van der Waals surface area contributed by atoms with Crippen LogP contribution in [-0.2, 0) is 11.2 Å². The smallest absolute Gasteiger partial charge is 0.331 e. The van der Waals surface area contributed by atoms with Crippen molar-refractivity contribution >= 4 is 5.91 Å². The summed E-state index contributed by atoms with van der Waals surface area (Å²) in [6.07, 6.45) is -3.07. The second-order valence-electron chi connectivity index (χ2n) is 5.54. The van der Waals surface area contributed by atoms with Gasteiger partial charge in [-0.05, 0) is 42.5 Å². The normalized spacial score (nSPS) is 24.2. The van der Waals surface area contributed by atoms with Gasteiger partial charge >= 0.3 is 12.1 Å². The molecule has 1 amide bonds. The van der Waals surface area contributed by atoms with Gasteiger partial charge in [0.1, 0.15) is 0 Å². The number of hydrogen-bond acceptors (Lipinski definition) is 2. The number of piperidine rings is 1. The van der Waals surface area contributed by atoms with E-state index in [2.05, 4.69) is 0 Å². The number of carbonyl (C=O) groups is 1. The van der Waals surface area contributed by atoms with E-state index in [0.29, 0.717) is 18.4 Å². The standard InChI is InChI=1S/C15H13F3N2O/c16-15(17,18)14(21)20-5-1-2-11-12-6-9(8-19)3-4-10(12)7-13(11)20/h3-4,6,11,13H,1-2,5,7H2/t11?,13-/m0/s1. The molecule has 21 heavy (non-hydrogen) atoms. The van der Waals surface area contributed by atoms with Gasteiger partial charge in [-0.1, -0.05) is 6.07 Å². The van der Waals surface area contributed by atoms with Crippen LogP contribution < -0.4 is 0 Å². The first kappa shape index (κ1) is 13.9. The van der Waals surface area contributed by atoms with E-state index in [1.54, 1.807) is 18.2 Å². The minimum atomic E-state index is -4.82. The number of nitrogens with zero attached hydrogens (tertiary/aromatic N) is 2. The van der Waals surface area contributed by atoms with E-state index in [4.69, 9.17) is 5.26 Å². The summed E-state index contributed by atoms with van der Waals surface area (Å²) in [6, 6.07) is 6.83. The number of rotatable bonds is 0. The van der Waals surface area contributed by atoms with Gasteiger partial charge in [0.15, 0.2) is 0 Å². The van der Waals surface area contributed by atoms with Gasteiger partial charge in [0.05, 0.1) is 11.6 Å². The molecule has 6 heteroatoms. The number of benzene rings is 1. The number of fused-ring (bicyclic) bond motifs is 3. The Balaban J connectivity index is 1.93. The molecule has 1 aromatic rings. The highest BCUT2D eigenvalue weighted by Crippen LogP contribution is 2.43. The predicted molar refractivity (Wildman–Crippen MR) is 68.4 cm³/mol. The van der Waals surface area contributed by atoms with E-state index < -0.39 is 18.1 Å². The lowest BCUT2D eigenvalue weighted by Gasteiger charge is -2.38. The van der Waals surface area contributed by atoms with Gasteiger partial charge in [0, 0.05) is 18.5 Å². The lowest BCUT2D eigenvalue weighted by molar-refractivity contribution is -0.189. The molecule has 3 nitrogen and oxygen atoms in total. The monoisotopic (exact) mass is 294 g/mol. The Morgan fingerprint density at radius 2 is 2.14 bits per heavy atom. The van der Waals surface area contributed by atoms with E-state index in [-0.39, 0.29) is 12.5 Å². The van der Waals surface area contributed by atoms with Gasteiger partial charge in [-0.25, -0.2) is 0 Å². The first-order chi connectivity index (χ1) is 9.91. The predicted octanol–water partition coefficient (Wildman–Crippen LogP) is 2.75. The molecular weight excluding hydrogens is 281 g/mol. The highest BCUT2D eigenvalue weighted by molar-refractivity contribution is 5.82. The number of alkyl halides is 3. The maximum atomic E-state index is 12.7. The number of amides is 1. The molecule has 0 bridgehead atoms. The Morgan fingerprint density at radius 1 is 1.38 bits per heavy atom. The fourth-order valence-electron chi connectivity index (χ4n) is 3.51. The zero-order valence-corrected chi connectivity index (χ0v) is 11.2. The fraction of sp³-hybridized carbons (Fsp3) is 0.467. The molecule has 0 N–H and O–H groups in total. The molecule has 1 unspecified atom stereocenters. The van der Waals surface area contributed by atoms with Crippen LogP contribution in [0.3, 0.4) is 0 Å². The lowest BCUT2D eigenvalue weighted by Crippen LogP contribution is -2.51. The molecule has 1 aliphatic carbocycles. The van der Waals surface area contributed by atoms with Crippen molar-refractivity contribution in [2.24, 2.45) is 0 Å². The van der Waals surface area contributed by atoms with Crippen molar-refractivity contribution in [2.45, 2.75) is 37.4 Å². The average molecular weight is 294 g/mol. The van der Waals surface area contributed by atoms with Crippen LogP contribution >= 0.6 is 0 Å². The van der Waals surface area contributed by atoms with Crippen molar-refractivity contribution in [3.8, 4) is 6.07 Å². The summed E-state index contributed by atoms with van der Waals surface area (Å²) in [4.78, 5) is 12.6. The fourth-order valence-corrected chi connectivity index (χ4v) is 3.51. The molecule has 110 valence electrons. The first-order valence-corrected chi connectivity index (χ1v) is 6.82. The van der Waals surface area contributed by atoms with Crippen LogP contribution in [0.5, 0.6) is 0 Å². The zero-order valence-electron chi connectivity index (χ0n) is 11.2. The average Bonchev–Trinajstić information content (AvgIpc) is 2.83. The first-order valence-electron chi connectivity index (χ1n) is 6.82. The molecule has 2 atom stereocenters. The second-order valence-corrected chi connectivity index (χ2v) is 5.54. The Hall–Kier alpha value is -2.03. The summed E-state index contributed by atoms with van der Waals surface area (Å²) in [5.41, 5.74) is 2.39. The quantitative estimate of drug-likeness (QED) is 0.738. The summed E-state index contributed by atoms with van der Waals surface area (Å²) < 4.78 is 38.1. The Morgan fingerprint density at radius 3 is 2.81 bits per heavy atom. The van der Waals surface area contributed by atoms with E-state index >= 15 is 0 Å². The largest absolute Gasteiger partial charge is 0.471 e. The minimum absolute atomic E-state index is 0.0895. The van der Waals surface area contributed by atoms with Gasteiger partial charge in [-0.2, -0.15) is 18.4 Å². The molecule has 0 saturated carbocycles.